The first-order chi connectivity index (χ1) is 16.4. The van der Waals surface area contributed by atoms with Crippen LogP contribution in [0.3, 0.4) is 0 Å². The maximum Gasteiger partial charge on any atom is 0.338 e. The monoisotopic (exact) mass is 458 g/mol. The van der Waals surface area contributed by atoms with E-state index in [1.54, 1.807) is 55.5 Å². The number of methoxy groups -OCH3 is 2. The number of Topliss-reactive ketones (excluding diaryl/α,β-unsaturated/α-hetero) is 1. The number of hydrogen-bond donors (Lipinski definition) is 0. The normalized spacial score (nSPS) is 10.7. The molecular weight excluding hydrogens is 436 g/mol. The highest BCUT2D eigenvalue weighted by atomic mass is 16.5. The van der Waals surface area contributed by atoms with Crippen LogP contribution in [-0.2, 0) is 4.74 Å². The topological polar surface area (TPSA) is 96.7 Å². The summed E-state index contributed by atoms with van der Waals surface area (Å²) in [5.41, 5.74) is 1.52. The molecule has 0 saturated heterocycles. The molecule has 1 aromatic heterocycles. The molecule has 172 valence electrons. The number of benzene rings is 3. The second-order valence-electron chi connectivity index (χ2n) is 7.43. The van der Waals surface area contributed by atoms with Crippen LogP contribution in [0.1, 0.15) is 26.5 Å². The summed E-state index contributed by atoms with van der Waals surface area (Å²) in [6.07, 6.45) is 0. The average molecular weight is 458 g/mol. The molecule has 8 heteroatoms. The molecule has 0 fully saturated rings. The van der Waals surface area contributed by atoms with Gasteiger partial charge in [0.25, 0.3) is 5.56 Å². The minimum atomic E-state index is -0.659. The molecule has 0 bridgehead atoms. The molecule has 0 saturated carbocycles. The van der Waals surface area contributed by atoms with E-state index < -0.39 is 18.4 Å². The van der Waals surface area contributed by atoms with Crippen molar-refractivity contribution in [3.63, 3.8) is 0 Å². The minimum absolute atomic E-state index is 0.197. The Morgan fingerprint density at radius 3 is 2.38 bits per heavy atom. The van der Waals surface area contributed by atoms with Crippen LogP contribution >= 0.6 is 0 Å². The van der Waals surface area contributed by atoms with Gasteiger partial charge in [-0.05, 0) is 55.5 Å². The predicted octanol–water partition coefficient (Wildman–Crippen LogP) is 3.75. The van der Waals surface area contributed by atoms with Gasteiger partial charge in [-0.1, -0.05) is 12.1 Å². The van der Waals surface area contributed by atoms with Gasteiger partial charge in [-0.2, -0.15) is 0 Å². The number of ketones is 1. The van der Waals surface area contributed by atoms with Crippen molar-refractivity contribution >= 4 is 22.7 Å². The summed E-state index contributed by atoms with van der Waals surface area (Å²) >= 11 is 0. The Labute approximate surface area is 195 Å². The first kappa shape index (κ1) is 22.7. The third-order valence-electron chi connectivity index (χ3n) is 5.35. The number of carbonyl (C=O) groups excluding carboxylic acids is 2. The van der Waals surface area contributed by atoms with Crippen molar-refractivity contribution in [1.29, 1.82) is 0 Å². The van der Waals surface area contributed by atoms with E-state index >= 15 is 0 Å². The third kappa shape index (κ3) is 4.38. The molecule has 0 spiro atoms. The first-order valence-corrected chi connectivity index (χ1v) is 10.4. The van der Waals surface area contributed by atoms with E-state index in [4.69, 9.17) is 14.2 Å². The van der Waals surface area contributed by atoms with Gasteiger partial charge in [-0.25, -0.2) is 9.78 Å². The van der Waals surface area contributed by atoms with E-state index in [1.165, 1.54) is 30.9 Å². The molecule has 1 heterocycles. The molecule has 34 heavy (non-hydrogen) atoms. The van der Waals surface area contributed by atoms with Crippen LogP contribution in [0, 0.1) is 6.92 Å². The zero-order chi connectivity index (χ0) is 24.2. The molecule has 4 rings (SSSR count). The van der Waals surface area contributed by atoms with E-state index in [0.29, 0.717) is 33.9 Å². The molecule has 3 aromatic carbocycles. The number of fused-ring (bicyclic) bond motifs is 1. The van der Waals surface area contributed by atoms with Crippen LogP contribution in [0.5, 0.6) is 11.5 Å². The van der Waals surface area contributed by atoms with Crippen LogP contribution in [-0.4, -0.2) is 42.1 Å². The molecule has 0 amide bonds. The lowest BCUT2D eigenvalue weighted by Gasteiger charge is -2.12. The highest BCUT2D eigenvalue weighted by Gasteiger charge is 2.17. The maximum absolute atomic E-state index is 12.9. The lowest BCUT2D eigenvalue weighted by atomic mass is 10.1. The second-order valence-corrected chi connectivity index (χ2v) is 7.43. The van der Waals surface area contributed by atoms with Gasteiger partial charge in [0.1, 0.15) is 17.3 Å². The Hall–Kier alpha value is -4.46. The van der Waals surface area contributed by atoms with E-state index in [0.717, 1.165) is 0 Å². The van der Waals surface area contributed by atoms with E-state index in [1.807, 2.05) is 6.07 Å². The summed E-state index contributed by atoms with van der Waals surface area (Å²) in [4.78, 5) is 42.5. The fraction of sp³-hybridized carbons (Fsp3) is 0.154. The third-order valence-corrected chi connectivity index (χ3v) is 5.35. The van der Waals surface area contributed by atoms with Gasteiger partial charge in [0.15, 0.2) is 6.61 Å². The summed E-state index contributed by atoms with van der Waals surface area (Å²) in [5.74, 6) is 0.330. The summed E-state index contributed by atoms with van der Waals surface area (Å²) in [7, 11) is 2.95. The van der Waals surface area contributed by atoms with Crippen LogP contribution in [0.15, 0.2) is 71.5 Å². The van der Waals surface area contributed by atoms with Crippen molar-refractivity contribution < 1.29 is 23.8 Å². The second kappa shape index (κ2) is 9.58. The standard InChI is InChI=1S/C26H22N2O6/c1-16-27-22-7-5-4-6-20(22)25(30)28(16)18-10-8-17(9-11-18)26(31)34-15-23(29)21-13-12-19(32-2)14-24(21)33-3/h4-14H,15H2,1-3H3. The van der Waals surface area contributed by atoms with Crippen molar-refractivity contribution in [3.05, 3.63) is 94.0 Å². The SMILES string of the molecule is COc1ccc(C(=O)COC(=O)c2ccc(-n3c(C)nc4ccccc4c3=O)cc2)c(OC)c1. The summed E-state index contributed by atoms with van der Waals surface area (Å²) in [6, 6.07) is 18.2. The Morgan fingerprint density at radius 2 is 1.68 bits per heavy atom. The first-order valence-electron chi connectivity index (χ1n) is 10.4. The van der Waals surface area contributed by atoms with Crippen molar-refractivity contribution in [2.24, 2.45) is 0 Å². The summed E-state index contributed by atoms with van der Waals surface area (Å²) in [6.45, 7) is 1.30. The van der Waals surface area contributed by atoms with E-state index in [2.05, 4.69) is 4.98 Å². The fourth-order valence-electron chi connectivity index (χ4n) is 3.62. The van der Waals surface area contributed by atoms with Crippen molar-refractivity contribution in [2.45, 2.75) is 6.92 Å². The van der Waals surface area contributed by atoms with Gasteiger partial charge < -0.3 is 14.2 Å². The number of aromatic nitrogens is 2. The van der Waals surface area contributed by atoms with Gasteiger partial charge in [0.2, 0.25) is 5.78 Å². The molecule has 0 atom stereocenters. The molecule has 0 aliphatic rings. The Morgan fingerprint density at radius 1 is 0.941 bits per heavy atom. The summed E-state index contributed by atoms with van der Waals surface area (Å²) < 4.78 is 17.0. The zero-order valence-corrected chi connectivity index (χ0v) is 18.9. The van der Waals surface area contributed by atoms with Gasteiger partial charge in [0.05, 0.1) is 41.9 Å². The zero-order valence-electron chi connectivity index (χ0n) is 18.9. The molecule has 4 aromatic rings. The Bertz CT molecular complexity index is 1440. The molecular formula is C26H22N2O6. The number of nitrogens with zero attached hydrogens (tertiary/aromatic N) is 2. The van der Waals surface area contributed by atoms with E-state index in [-0.39, 0.29) is 16.7 Å². The van der Waals surface area contributed by atoms with Crippen LogP contribution in [0.2, 0.25) is 0 Å². The minimum Gasteiger partial charge on any atom is -0.497 e. The number of hydrogen-bond acceptors (Lipinski definition) is 7. The Balaban J connectivity index is 1.50. The molecule has 0 aliphatic heterocycles. The molecule has 8 nitrogen and oxygen atoms in total. The molecule has 0 aliphatic carbocycles. The predicted molar refractivity (Wildman–Crippen MR) is 126 cm³/mol. The summed E-state index contributed by atoms with van der Waals surface area (Å²) in [5, 5.41) is 0.504. The molecule has 0 unspecified atom stereocenters. The van der Waals surface area contributed by atoms with Crippen LogP contribution in [0.4, 0.5) is 0 Å². The quantitative estimate of drug-likeness (QED) is 0.307. The molecule has 0 N–H and O–H groups in total. The largest absolute Gasteiger partial charge is 0.497 e. The van der Waals surface area contributed by atoms with Gasteiger partial charge in [-0.15, -0.1) is 0 Å². The number of ether oxygens (including phenoxy) is 3. The Kier molecular flexibility index (Phi) is 6.40. The van der Waals surface area contributed by atoms with Crippen molar-refractivity contribution in [1.82, 2.24) is 9.55 Å². The lowest BCUT2D eigenvalue weighted by Crippen LogP contribution is -2.22. The average Bonchev–Trinajstić information content (AvgIpc) is 2.87. The number of aryl methyl sites for hydroxylation is 1. The van der Waals surface area contributed by atoms with Gasteiger partial charge >= 0.3 is 5.97 Å². The number of rotatable bonds is 7. The van der Waals surface area contributed by atoms with Gasteiger partial charge in [0, 0.05) is 6.07 Å². The van der Waals surface area contributed by atoms with E-state index in [9.17, 15) is 14.4 Å². The highest BCUT2D eigenvalue weighted by molar-refractivity contribution is 6.01. The number of carbonyl (C=O) groups is 2. The number of esters is 1. The lowest BCUT2D eigenvalue weighted by molar-refractivity contribution is 0.0474. The molecule has 0 radical (unpaired) electrons. The fourth-order valence-corrected chi connectivity index (χ4v) is 3.62. The van der Waals surface area contributed by atoms with Crippen LogP contribution < -0.4 is 15.0 Å². The van der Waals surface area contributed by atoms with Crippen molar-refractivity contribution in [3.8, 4) is 17.2 Å². The smallest absolute Gasteiger partial charge is 0.338 e. The van der Waals surface area contributed by atoms with Crippen molar-refractivity contribution in [2.75, 3.05) is 20.8 Å². The van der Waals surface area contributed by atoms with Gasteiger partial charge in [-0.3, -0.25) is 14.2 Å². The maximum atomic E-state index is 12.9. The highest BCUT2D eigenvalue weighted by Crippen LogP contribution is 2.25. The number of para-hydroxylation sites is 1. The van der Waals surface area contributed by atoms with Crippen LogP contribution in [0.25, 0.3) is 16.6 Å².